The highest BCUT2D eigenvalue weighted by atomic mass is 16.5. The molecule has 2 aromatic carbocycles. The molecule has 0 heterocycles. The minimum absolute atomic E-state index is 0.0775. The van der Waals surface area contributed by atoms with E-state index in [-0.39, 0.29) is 12.5 Å². The van der Waals surface area contributed by atoms with Gasteiger partial charge in [-0.2, -0.15) is 5.10 Å². The summed E-state index contributed by atoms with van der Waals surface area (Å²) in [4.78, 5) is 12.0. The van der Waals surface area contributed by atoms with Crippen LogP contribution in [-0.2, 0) is 4.79 Å². The quantitative estimate of drug-likeness (QED) is 0.301. The van der Waals surface area contributed by atoms with Crippen molar-refractivity contribution in [2.45, 2.75) is 52.4 Å². The molecule has 0 fully saturated rings. The van der Waals surface area contributed by atoms with Gasteiger partial charge in [0, 0.05) is 0 Å². The molecule has 0 aromatic heterocycles. The van der Waals surface area contributed by atoms with Gasteiger partial charge in [-0.25, -0.2) is 5.43 Å². The van der Waals surface area contributed by atoms with Crippen LogP contribution in [-0.4, -0.2) is 25.3 Å². The highest BCUT2D eigenvalue weighted by Gasteiger charge is 2.08. The van der Waals surface area contributed by atoms with Gasteiger partial charge in [0.2, 0.25) is 0 Å². The van der Waals surface area contributed by atoms with Crippen LogP contribution >= 0.6 is 0 Å². The number of rotatable bonds is 12. The van der Waals surface area contributed by atoms with Crippen molar-refractivity contribution in [1.29, 1.82) is 0 Å². The number of nitrogens with zero attached hydrogens (tertiary/aromatic N) is 1. The predicted molar refractivity (Wildman–Crippen MR) is 118 cm³/mol. The van der Waals surface area contributed by atoms with Crippen LogP contribution in [0.4, 0.5) is 0 Å². The van der Waals surface area contributed by atoms with Gasteiger partial charge in [-0.15, -0.1) is 0 Å². The molecule has 1 N–H and O–H groups in total. The van der Waals surface area contributed by atoms with E-state index in [1.807, 2.05) is 48.5 Å². The first-order chi connectivity index (χ1) is 14.1. The minimum atomic E-state index is -0.299. The summed E-state index contributed by atoms with van der Waals surface area (Å²) in [5.74, 6) is 1.61. The summed E-state index contributed by atoms with van der Waals surface area (Å²) in [6.07, 6.45) is 6.35. The van der Waals surface area contributed by atoms with Crippen LogP contribution < -0.4 is 14.9 Å². The van der Waals surface area contributed by atoms with Gasteiger partial charge in [0.15, 0.2) is 6.61 Å². The van der Waals surface area contributed by atoms with E-state index < -0.39 is 0 Å². The molecule has 0 saturated carbocycles. The van der Waals surface area contributed by atoms with E-state index in [1.54, 1.807) is 6.21 Å². The second-order valence-corrected chi connectivity index (χ2v) is 7.25. The summed E-state index contributed by atoms with van der Waals surface area (Å²) in [6.45, 7) is 7.04. The Balaban J connectivity index is 1.73. The van der Waals surface area contributed by atoms with Crippen LogP contribution in [0.2, 0.25) is 0 Å². The molecule has 5 heteroatoms. The van der Waals surface area contributed by atoms with E-state index >= 15 is 0 Å². The third-order valence-corrected chi connectivity index (χ3v) is 4.45. The fourth-order valence-electron chi connectivity index (χ4n) is 2.81. The van der Waals surface area contributed by atoms with E-state index in [1.165, 1.54) is 19.3 Å². The lowest BCUT2D eigenvalue weighted by Crippen LogP contribution is -2.24. The third kappa shape index (κ3) is 8.38. The van der Waals surface area contributed by atoms with Gasteiger partial charge >= 0.3 is 0 Å². The van der Waals surface area contributed by atoms with Crippen LogP contribution in [0.3, 0.4) is 0 Å². The summed E-state index contributed by atoms with van der Waals surface area (Å²) in [5.41, 5.74) is 4.46. The van der Waals surface area contributed by atoms with Gasteiger partial charge in [0.05, 0.1) is 12.8 Å². The van der Waals surface area contributed by atoms with E-state index in [4.69, 9.17) is 9.47 Å². The fourth-order valence-corrected chi connectivity index (χ4v) is 2.81. The summed E-state index contributed by atoms with van der Waals surface area (Å²) >= 11 is 0. The first-order valence-corrected chi connectivity index (χ1v) is 10.4. The molecule has 0 atom stereocenters. The average molecular weight is 397 g/mol. The van der Waals surface area contributed by atoms with Crippen LogP contribution in [0.5, 0.6) is 11.5 Å². The summed E-state index contributed by atoms with van der Waals surface area (Å²) in [5, 5.41) is 3.99. The number of carbonyl (C=O) groups excluding carboxylic acids is 1. The maximum atomic E-state index is 12.0. The van der Waals surface area contributed by atoms with Crippen molar-refractivity contribution in [3.8, 4) is 11.5 Å². The molecule has 2 aromatic rings. The number of amides is 1. The third-order valence-electron chi connectivity index (χ3n) is 4.45. The normalized spacial score (nSPS) is 11.0. The molecule has 0 radical (unpaired) electrons. The molecule has 0 unspecified atom stereocenters. The van der Waals surface area contributed by atoms with Gasteiger partial charge in [0.25, 0.3) is 5.91 Å². The molecule has 0 aliphatic carbocycles. The lowest BCUT2D eigenvalue weighted by atomic mass is 10.0. The highest BCUT2D eigenvalue weighted by molar-refractivity contribution is 5.83. The maximum Gasteiger partial charge on any atom is 0.277 e. The lowest BCUT2D eigenvalue weighted by molar-refractivity contribution is -0.123. The van der Waals surface area contributed by atoms with E-state index in [9.17, 15) is 4.79 Å². The molecule has 0 saturated heterocycles. The number of hydrazone groups is 1. The van der Waals surface area contributed by atoms with E-state index in [0.29, 0.717) is 5.92 Å². The monoisotopic (exact) mass is 396 g/mol. The predicted octanol–water partition coefficient (Wildman–Crippen LogP) is 5.30. The Morgan fingerprint density at radius 3 is 2.52 bits per heavy atom. The molecule has 0 aliphatic rings. The highest BCUT2D eigenvalue weighted by Crippen LogP contribution is 2.25. The Morgan fingerprint density at radius 2 is 1.79 bits per heavy atom. The smallest absolute Gasteiger partial charge is 0.277 e. The molecule has 0 aliphatic heterocycles. The van der Waals surface area contributed by atoms with Crippen molar-refractivity contribution in [3.05, 3.63) is 59.7 Å². The van der Waals surface area contributed by atoms with Gasteiger partial charge < -0.3 is 9.47 Å². The van der Waals surface area contributed by atoms with Crippen molar-refractivity contribution in [1.82, 2.24) is 5.43 Å². The topological polar surface area (TPSA) is 59.9 Å². The Hall–Kier alpha value is -2.82. The minimum Gasteiger partial charge on any atom is -0.494 e. The van der Waals surface area contributed by atoms with E-state index in [0.717, 1.165) is 35.7 Å². The number of para-hydroxylation sites is 1. The van der Waals surface area contributed by atoms with Crippen molar-refractivity contribution in [2.24, 2.45) is 5.10 Å². The molecule has 1 amide bonds. The van der Waals surface area contributed by atoms with Crippen molar-refractivity contribution >= 4 is 12.1 Å². The zero-order chi connectivity index (χ0) is 20.9. The van der Waals surface area contributed by atoms with Crippen LogP contribution in [0, 0.1) is 0 Å². The zero-order valence-electron chi connectivity index (χ0n) is 17.7. The first-order valence-electron chi connectivity index (χ1n) is 10.4. The second kappa shape index (κ2) is 12.6. The second-order valence-electron chi connectivity index (χ2n) is 7.25. The Kier molecular flexibility index (Phi) is 9.76. The van der Waals surface area contributed by atoms with Crippen molar-refractivity contribution in [2.75, 3.05) is 13.2 Å². The number of carbonyl (C=O) groups is 1. The first kappa shape index (κ1) is 22.5. The molecule has 29 heavy (non-hydrogen) atoms. The molecule has 5 nitrogen and oxygen atoms in total. The molecule has 0 spiro atoms. The fraction of sp³-hybridized carbons (Fsp3) is 0.417. The number of nitrogens with one attached hydrogen (secondary N) is 1. The lowest BCUT2D eigenvalue weighted by Gasteiger charge is -2.12. The van der Waals surface area contributed by atoms with Gasteiger partial charge in [-0.3, -0.25) is 4.79 Å². The largest absolute Gasteiger partial charge is 0.494 e. The van der Waals surface area contributed by atoms with Crippen molar-refractivity contribution < 1.29 is 14.3 Å². The van der Waals surface area contributed by atoms with Crippen molar-refractivity contribution in [3.63, 3.8) is 0 Å². The molecule has 156 valence electrons. The average Bonchev–Trinajstić information content (AvgIpc) is 2.73. The summed E-state index contributed by atoms with van der Waals surface area (Å²) in [6, 6.07) is 15.4. The van der Waals surface area contributed by atoms with Gasteiger partial charge in [-0.05, 0) is 53.8 Å². The van der Waals surface area contributed by atoms with Crippen LogP contribution in [0.25, 0.3) is 0 Å². The zero-order valence-corrected chi connectivity index (χ0v) is 17.7. The SMILES string of the molecule is CCCCCCOc1ccc(/C=N/NC(=O)COc2ccccc2C(C)C)cc1. The molecule has 0 bridgehead atoms. The van der Waals surface area contributed by atoms with Crippen LogP contribution in [0.1, 0.15) is 63.5 Å². The van der Waals surface area contributed by atoms with E-state index in [2.05, 4.69) is 31.3 Å². The number of ether oxygens (including phenoxy) is 2. The van der Waals surface area contributed by atoms with Gasteiger partial charge in [0.1, 0.15) is 11.5 Å². The molecular weight excluding hydrogens is 364 g/mol. The number of benzene rings is 2. The molecule has 2 rings (SSSR count). The summed E-state index contributed by atoms with van der Waals surface area (Å²) < 4.78 is 11.4. The maximum absolute atomic E-state index is 12.0. The summed E-state index contributed by atoms with van der Waals surface area (Å²) in [7, 11) is 0. The van der Waals surface area contributed by atoms with Crippen LogP contribution in [0.15, 0.2) is 53.6 Å². The number of hydrogen-bond donors (Lipinski definition) is 1. The Morgan fingerprint density at radius 1 is 1.03 bits per heavy atom. The number of hydrogen-bond acceptors (Lipinski definition) is 4. The van der Waals surface area contributed by atoms with Gasteiger partial charge in [-0.1, -0.05) is 58.2 Å². The molecular formula is C24H32N2O3. The Bertz CT molecular complexity index is 770. The standard InChI is InChI=1S/C24H32N2O3/c1-4-5-6-9-16-28-21-14-12-20(13-15-21)17-25-26-24(27)18-29-23-11-8-7-10-22(23)19(2)3/h7-8,10-15,17,19H,4-6,9,16,18H2,1-3H3,(H,26,27)/b25-17+. The Labute approximate surface area is 174 Å². The number of unbranched alkanes of at least 4 members (excludes halogenated alkanes) is 3.